The third-order valence-electron chi connectivity index (χ3n) is 2.76. The van der Waals surface area contributed by atoms with Crippen LogP contribution in [0.1, 0.15) is 17.9 Å². The Kier molecular flexibility index (Phi) is 3.53. The van der Waals surface area contributed by atoms with E-state index in [-0.39, 0.29) is 5.92 Å². The van der Waals surface area contributed by atoms with E-state index in [0.29, 0.717) is 16.0 Å². The van der Waals surface area contributed by atoms with Gasteiger partial charge in [-0.05, 0) is 42.0 Å². The van der Waals surface area contributed by atoms with Crippen molar-refractivity contribution in [3.05, 3.63) is 45.7 Å². The number of aliphatic hydroxyl groups excluding tert-OH is 1. The summed E-state index contributed by atoms with van der Waals surface area (Å²) in [5, 5.41) is 9.62. The van der Waals surface area contributed by atoms with Crippen molar-refractivity contribution in [3.8, 4) is 0 Å². The molecule has 0 heterocycles. The molecule has 1 aromatic rings. The van der Waals surface area contributed by atoms with E-state index in [1.807, 2.05) is 12.1 Å². The summed E-state index contributed by atoms with van der Waals surface area (Å²) in [6.07, 6.45) is 2.37. The molecule has 0 aromatic heterocycles. The van der Waals surface area contributed by atoms with Crippen molar-refractivity contribution in [2.24, 2.45) is 5.92 Å². The van der Waals surface area contributed by atoms with Crippen LogP contribution in [-0.2, 0) is 0 Å². The Morgan fingerprint density at radius 2 is 2.19 bits per heavy atom. The standard InChI is InChI=1S/C12H11Cl2FO/c13-11-2-1-7(5-12(11)14)10-4-8(10)3-9(15)6-16/h1-3,5,8,10,16H,4,6H2/t8-,10+/m1/s1. The zero-order chi connectivity index (χ0) is 11.7. The molecule has 1 nitrogen and oxygen atoms in total. The highest BCUT2D eigenvalue weighted by Crippen LogP contribution is 2.49. The van der Waals surface area contributed by atoms with Crippen LogP contribution in [-0.4, -0.2) is 11.7 Å². The fraction of sp³-hybridized carbons (Fsp3) is 0.333. The molecular formula is C12H11Cl2FO. The van der Waals surface area contributed by atoms with Crippen LogP contribution in [0.25, 0.3) is 0 Å². The number of aliphatic hydroxyl groups is 1. The lowest BCUT2D eigenvalue weighted by molar-refractivity contribution is 0.297. The SMILES string of the molecule is OCC(F)=C[C@@H]1C[C@H]1c1ccc(Cl)c(Cl)c1. The maximum atomic E-state index is 12.8. The molecule has 0 spiro atoms. The second-order valence-corrected chi connectivity index (χ2v) is 4.77. The molecule has 0 aliphatic heterocycles. The Hall–Kier alpha value is -0.570. The van der Waals surface area contributed by atoms with Gasteiger partial charge >= 0.3 is 0 Å². The van der Waals surface area contributed by atoms with E-state index < -0.39 is 12.4 Å². The third kappa shape index (κ3) is 2.57. The van der Waals surface area contributed by atoms with Crippen molar-refractivity contribution in [2.75, 3.05) is 6.61 Å². The van der Waals surface area contributed by atoms with Crippen molar-refractivity contribution >= 4 is 23.2 Å². The predicted octanol–water partition coefficient (Wildman–Crippen LogP) is 3.94. The van der Waals surface area contributed by atoms with Crippen LogP contribution in [0.4, 0.5) is 4.39 Å². The molecule has 4 heteroatoms. The van der Waals surface area contributed by atoms with Crippen LogP contribution in [0.3, 0.4) is 0 Å². The smallest absolute Gasteiger partial charge is 0.122 e. The first-order valence-corrected chi connectivity index (χ1v) is 5.79. The Balaban J connectivity index is 2.09. The van der Waals surface area contributed by atoms with E-state index in [0.717, 1.165) is 12.0 Å². The molecule has 1 N–H and O–H groups in total. The minimum absolute atomic E-state index is 0.171. The van der Waals surface area contributed by atoms with Gasteiger partial charge in [0.1, 0.15) is 5.83 Å². The highest BCUT2D eigenvalue weighted by molar-refractivity contribution is 6.42. The van der Waals surface area contributed by atoms with Gasteiger partial charge in [-0.2, -0.15) is 0 Å². The first-order chi connectivity index (χ1) is 7.61. The Morgan fingerprint density at radius 3 is 2.81 bits per heavy atom. The second kappa shape index (κ2) is 4.74. The number of hydrogen-bond donors (Lipinski definition) is 1. The average Bonchev–Trinajstić information content (AvgIpc) is 3.01. The molecule has 16 heavy (non-hydrogen) atoms. The van der Waals surface area contributed by atoms with Crippen molar-refractivity contribution in [3.63, 3.8) is 0 Å². The largest absolute Gasteiger partial charge is 0.389 e. The lowest BCUT2D eigenvalue weighted by Gasteiger charge is -2.01. The summed E-state index contributed by atoms with van der Waals surface area (Å²) in [5.74, 6) is 0.00372. The van der Waals surface area contributed by atoms with E-state index in [9.17, 15) is 4.39 Å². The minimum Gasteiger partial charge on any atom is -0.389 e. The number of rotatable bonds is 3. The predicted molar refractivity (Wildman–Crippen MR) is 63.6 cm³/mol. The van der Waals surface area contributed by atoms with Gasteiger partial charge in [0, 0.05) is 0 Å². The quantitative estimate of drug-likeness (QED) is 0.873. The molecule has 1 aliphatic carbocycles. The summed E-state index contributed by atoms with van der Waals surface area (Å²) in [6.45, 7) is -0.523. The molecule has 0 saturated heterocycles. The van der Waals surface area contributed by atoms with Crippen molar-refractivity contribution in [1.82, 2.24) is 0 Å². The maximum Gasteiger partial charge on any atom is 0.122 e. The van der Waals surface area contributed by atoms with Crippen molar-refractivity contribution in [2.45, 2.75) is 12.3 Å². The Morgan fingerprint density at radius 1 is 1.44 bits per heavy atom. The van der Waals surface area contributed by atoms with Crippen molar-refractivity contribution in [1.29, 1.82) is 0 Å². The molecule has 1 fully saturated rings. The summed E-state index contributed by atoms with van der Waals surface area (Å²) < 4.78 is 12.8. The van der Waals surface area contributed by atoms with E-state index >= 15 is 0 Å². The number of allylic oxidation sites excluding steroid dienone is 1. The molecule has 1 aliphatic rings. The van der Waals surface area contributed by atoms with Gasteiger partial charge in [0.15, 0.2) is 0 Å². The number of hydrogen-bond acceptors (Lipinski definition) is 1. The van der Waals surface area contributed by atoms with Gasteiger partial charge in [-0.25, -0.2) is 4.39 Å². The molecule has 1 saturated carbocycles. The fourth-order valence-electron chi connectivity index (χ4n) is 1.81. The fourth-order valence-corrected chi connectivity index (χ4v) is 2.12. The first-order valence-electron chi connectivity index (χ1n) is 5.04. The molecule has 0 unspecified atom stereocenters. The molecule has 0 radical (unpaired) electrons. The lowest BCUT2D eigenvalue weighted by Crippen LogP contribution is -1.86. The van der Waals surface area contributed by atoms with Gasteiger partial charge in [-0.1, -0.05) is 29.3 Å². The van der Waals surface area contributed by atoms with Crippen LogP contribution >= 0.6 is 23.2 Å². The third-order valence-corrected chi connectivity index (χ3v) is 3.50. The molecule has 2 atom stereocenters. The van der Waals surface area contributed by atoms with Crippen LogP contribution in [0.2, 0.25) is 10.0 Å². The van der Waals surface area contributed by atoms with Gasteiger partial charge in [-0.3, -0.25) is 0 Å². The molecule has 0 bridgehead atoms. The summed E-state index contributed by atoms with van der Waals surface area (Å²) in [6, 6.07) is 5.48. The summed E-state index contributed by atoms with van der Waals surface area (Å²) in [7, 11) is 0. The molecule has 0 amide bonds. The van der Waals surface area contributed by atoms with Crippen LogP contribution in [0, 0.1) is 5.92 Å². The minimum atomic E-state index is -0.523. The van der Waals surface area contributed by atoms with E-state index in [1.54, 1.807) is 6.07 Å². The summed E-state index contributed by atoms with van der Waals surface area (Å²) in [4.78, 5) is 0. The van der Waals surface area contributed by atoms with E-state index in [1.165, 1.54) is 6.08 Å². The normalized spacial score (nSPS) is 24.6. The Labute approximate surface area is 103 Å². The summed E-state index contributed by atoms with van der Waals surface area (Å²) in [5.41, 5.74) is 1.07. The van der Waals surface area contributed by atoms with Gasteiger partial charge < -0.3 is 5.11 Å². The van der Waals surface area contributed by atoms with Gasteiger partial charge in [0.2, 0.25) is 0 Å². The van der Waals surface area contributed by atoms with Gasteiger partial charge in [-0.15, -0.1) is 0 Å². The van der Waals surface area contributed by atoms with Gasteiger partial charge in [0.25, 0.3) is 0 Å². The first kappa shape index (κ1) is 11.9. The zero-order valence-corrected chi connectivity index (χ0v) is 9.97. The number of halogens is 3. The zero-order valence-electron chi connectivity index (χ0n) is 8.46. The van der Waals surface area contributed by atoms with Crippen LogP contribution < -0.4 is 0 Å². The molecular weight excluding hydrogens is 250 g/mol. The lowest BCUT2D eigenvalue weighted by atomic mass is 10.1. The van der Waals surface area contributed by atoms with E-state index in [4.69, 9.17) is 28.3 Å². The van der Waals surface area contributed by atoms with Gasteiger partial charge in [0.05, 0.1) is 16.7 Å². The van der Waals surface area contributed by atoms with E-state index in [2.05, 4.69) is 0 Å². The average molecular weight is 261 g/mol. The molecule has 2 rings (SSSR count). The van der Waals surface area contributed by atoms with Crippen molar-refractivity contribution < 1.29 is 9.50 Å². The maximum absolute atomic E-state index is 12.8. The molecule has 86 valence electrons. The van der Waals surface area contributed by atoms with Crippen LogP contribution in [0.5, 0.6) is 0 Å². The van der Waals surface area contributed by atoms with Crippen LogP contribution in [0.15, 0.2) is 30.1 Å². The Bertz CT molecular complexity index is 431. The summed E-state index contributed by atoms with van der Waals surface area (Å²) >= 11 is 11.7. The highest BCUT2D eigenvalue weighted by Gasteiger charge is 2.37. The number of benzene rings is 1. The highest BCUT2D eigenvalue weighted by atomic mass is 35.5. The molecule has 1 aromatic carbocycles. The topological polar surface area (TPSA) is 20.2 Å². The second-order valence-electron chi connectivity index (χ2n) is 3.95. The monoisotopic (exact) mass is 260 g/mol.